The number of halogens is 1. The Balaban J connectivity index is 1.47. The molecule has 0 radical (unpaired) electrons. The Labute approximate surface area is 171 Å². The predicted octanol–water partition coefficient (Wildman–Crippen LogP) is 4.06. The van der Waals surface area contributed by atoms with Crippen molar-refractivity contribution in [2.24, 2.45) is 0 Å². The monoisotopic (exact) mass is 399 g/mol. The van der Waals surface area contributed by atoms with Gasteiger partial charge in [-0.1, -0.05) is 49.7 Å². The van der Waals surface area contributed by atoms with Gasteiger partial charge < -0.3 is 10.2 Å². The summed E-state index contributed by atoms with van der Waals surface area (Å²) in [6.07, 6.45) is 0.727. The van der Waals surface area contributed by atoms with Gasteiger partial charge in [0.15, 0.2) is 0 Å². The van der Waals surface area contributed by atoms with Gasteiger partial charge in [-0.15, -0.1) is 0 Å². The Kier molecular flexibility index (Phi) is 6.57. The van der Waals surface area contributed by atoms with Crippen molar-refractivity contribution in [3.05, 3.63) is 64.7 Å². The minimum atomic E-state index is -0.140. The highest BCUT2D eigenvalue weighted by Gasteiger charge is 2.30. The zero-order valence-electron chi connectivity index (χ0n) is 16.3. The van der Waals surface area contributed by atoms with Gasteiger partial charge in [0.2, 0.25) is 5.91 Å². The van der Waals surface area contributed by atoms with E-state index in [0.29, 0.717) is 30.6 Å². The number of benzene rings is 2. The molecule has 2 aromatic carbocycles. The smallest absolute Gasteiger partial charge is 0.325 e. The fraction of sp³-hybridized carbons (Fsp3) is 0.364. The molecular formula is C22H26ClN3O2. The minimum Gasteiger partial charge on any atom is -0.354 e. The largest absolute Gasteiger partial charge is 0.354 e. The van der Waals surface area contributed by atoms with Crippen molar-refractivity contribution in [3.63, 3.8) is 0 Å². The van der Waals surface area contributed by atoms with E-state index in [1.165, 1.54) is 5.56 Å². The fourth-order valence-corrected chi connectivity index (χ4v) is 3.36. The van der Waals surface area contributed by atoms with Gasteiger partial charge in [-0.05, 0) is 47.7 Å². The molecule has 1 aliphatic rings. The van der Waals surface area contributed by atoms with Crippen LogP contribution in [0.15, 0.2) is 48.5 Å². The van der Waals surface area contributed by atoms with Crippen LogP contribution in [0.2, 0.25) is 5.02 Å². The number of carbonyl (C=O) groups is 2. The molecule has 0 spiro atoms. The Morgan fingerprint density at radius 1 is 1.07 bits per heavy atom. The van der Waals surface area contributed by atoms with Gasteiger partial charge in [0.05, 0.1) is 0 Å². The molecule has 0 saturated carbocycles. The molecular weight excluding hydrogens is 374 g/mol. The van der Waals surface area contributed by atoms with Gasteiger partial charge in [0, 0.05) is 30.3 Å². The van der Waals surface area contributed by atoms with E-state index < -0.39 is 0 Å². The van der Waals surface area contributed by atoms with E-state index in [0.717, 1.165) is 17.7 Å². The summed E-state index contributed by atoms with van der Waals surface area (Å²) in [7, 11) is 0. The SMILES string of the molecule is CC(C)c1ccc(N2CCN(CC(=O)NCCc3ccc(Cl)cc3)C2=O)cc1. The quantitative estimate of drug-likeness (QED) is 0.763. The molecule has 0 bridgehead atoms. The molecule has 148 valence electrons. The van der Waals surface area contributed by atoms with Crippen LogP contribution in [0.4, 0.5) is 10.5 Å². The highest BCUT2D eigenvalue weighted by molar-refractivity contribution is 6.30. The molecule has 3 amide bonds. The van der Waals surface area contributed by atoms with Crippen molar-refractivity contribution in [2.45, 2.75) is 26.2 Å². The number of carbonyl (C=O) groups excluding carboxylic acids is 2. The van der Waals surface area contributed by atoms with E-state index in [1.807, 2.05) is 36.4 Å². The lowest BCUT2D eigenvalue weighted by molar-refractivity contribution is -0.121. The number of rotatable bonds is 7. The molecule has 1 saturated heterocycles. The Hall–Kier alpha value is -2.53. The predicted molar refractivity (Wildman–Crippen MR) is 113 cm³/mol. The Morgan fingerprint density at radius 2 is 1.75 bits per heavy atom. The summed E-state index contributed by atoms with van der Waals surface area (Å²) in [5.74, 6) is 0.315. The Morgan fingerprint density at radius 3 is 2.39 bits per heavy atom. The van der Waals surface area contributed by atoms with Crippen LogP contribution in [0.5, 0.6) is 0 Å². The van der Waals surface area contributed by atoms with Crippen molar-refractivity contribution < 1.29 is 9.59 Å². The molecule has 2 aromatic rings. The number of anilines is 1. The highest BCUT2D eigenvalue weighted by Crippen LogP contribution is 2.23. The van der Waals surface area contributed by atoms with E-state index in [2.05, 4.69) is 31.3 Å². The Bertz CT molecular complexity index is 819. The van der Waals surface area contributed by atoms with E-state index >= 15 is 0 Å². The number of amides is 3. The molecule has 3 rings (SSSR count). The van der Waals surface area contributed by atoms with Gasteiger partial charge in [0.25, 0.3) is 0 Å². The number of urea groups is 1. The van der Waals surface area contributed by atoms with E-state index in [1.54, 1.807) is 9.80 Å². The van der Waals surface area contributed by atoms with Crippen LogP contribution in [-0.4, -0.2) is 43.0 Å². The zero-order valence-corrected chi connectivity index (χ0v) is 17.1. The minimum absolute atomic E-state index is 0.0834. The summed E-state index contributed by atoms with van der Waals surface area (Å²) in [4.78, 5) is 28.2. The first kappa shape index (κ1) is 20.2. The maximum Gasteiger partial charge on any atom is 0.325 e. The molecule has 0 atom stereocenters. The second-order valence-corrected chi connectivity index (χ2v) is 7.76. The lowest BCUT2D eigenvalue weighted by Crippen LogP contribution is -2.40. The third-order valence-corrected chi connectivity index (χ3v) is 5.20. The summed E-state index contributed by atoms with van der Waals surface area (Å²) in [6, 6.07) is 15.5. The summed E-state index contributed by atoms with van der Waals surface area (Å²) in [5.41, 5.74) is 3.23. The third-order valence-electron chi connectivity index (χ3n) is 4.95. The number of nitrogens with one attached hydrogen (secondary N) is 1. The topological polar surface area (TPSA) is 52.6 Å². The van der Waals surface area contributed by atoms with Crippen LogP contribution in [0, 0.1) is 0 Å². The molecule has 5 nitrogen and oxygen atoms in total. The first-order valence-electron chi connectivity index (χ1n) is 9.61. The van der Waals surface area contributed by atoms with Crippen LogP contribution >= 0.6 is 11.6 Å². The molecule has 0 unspecified atom stereocenters. The van der Waals surface area contributed by atoms with Gasteiger partial charge in [-0.2, -0.15) is 0 Å². The maximum absolute atomic E-state index is 12.6. The zero-order chi connectivity index (χ0) is 20.1. The highest BCUT2D eigenvalue weighted by atomic mass is 35.5. The number of hydrogen-bond donors (Lipinski definition) is 1. The van der Waals surface area contributed by atoms with Gasteiger partial charge in [-0.3, -0.25) is 9.69 Å². The first-order valence-corrected chi connectivity index (χ1v) is 9.99. The van der Waals surface area contributed by atoms with Gasteiger partial charge in [0.1, 0.15) is 6.54 Å². The average Bonchev–Trinajstić information content (AvgIpc) is 3.04. The van der Waals surface area contributed by atoms with Crippen LogP contribution in [0.3, 0.4) is 0 Å². The number of nitrogens with zero attached hydrogens (tertiary/aromatic N) is 2. The lowest BCUT2D eigenvalue weighted by Gasteiger charge is -2.19. The first-order chi connectivity index (χ1) is 13.4. The molecule has 1 fully saturated rings. The molecule has 28 heavy (non-hydrogen) atoms. The van der Waals surface area contributed by atoms with Crippen molar-refractivity contribution in [1.29, 1.82) is 0 Å². The van der Waals surface area contributed by atoms with Crippen LogP contribution in [0.1, 0.15) is 30.9 Å². The summed E-state index contributed by atoms with van der Waals surface area (Å²) in [5, 5.41) is 3.58. The van der Waals surface area contributed by atoms with Crippen molar-refractivity contribution in [1.82, 2.24) is 10.2 Å². The van der Waals surface area contributed by atoms with Crippen molar-refractivity contribution >= 4 is 29.2 Å². The normalized spacial score (nSPS) is 14.1. The summed E-state index contributed by atoms with van der Waals surface area (Å²) < 4.78 is 0. The van der Waals surface area contributed by atoms with Crippen LogP contribution in [-0.2, 0) is 11.2 Å². The lowest BCUT2D eigenvalue weighted by atomic mass is 10.0. The molecule has 6 heteroatoms. The third kappa shape index (κ3) is 5.04. The second kappa shape index (κ2) is 9.11. The summed E-state index contributed by atoms with van der Waals surface area (Å²) in [6.45, 7) is 6.04. The van der Waals surface area contributed by atoms with Crippen molar-refractivity contribution in [2.75, 3.05) is 31.1 Å². The molecule has 0 aliphatic carbocycles. The number of hydrogen-bond acceptors (Lipinski definition) is 2. The van der Waals surface area contributed by atoms with E-state index in [-0.39, 0.29) is 18.5 Å². The molecule has 1 heterocycles. The standard InChI is InChI=1S/C22H26ClN3O2/c1-16(2)18-5-9-20(10-6-18)26-14-13-25(22(26)28)15-21(27)24-12-11-17-3-7-19(23)8-4-17/h3-10,16H,11-15H2,1-2H3,(H,24,27). The van der Waals surface area contributed by atoms with Crippen LogP contribution < -0.4 is 10.2 Å². The second-order valence-electron chi connectivity index (χ2n) is 7.33. The van der Waals surface area contributed by atoms with E-state index in [9.17, 15) is 9.59 Å². The average molecular weight is 400 g/mol. The van der Waals surface area contributed by atoms with E-state index in [4.69, 9.17) is 11.6 Å². The molecule has 1 aliphatic heterocycles. The van der Waals surface area contributed by atoms with Crippen LogP contribution in [0.25, 0.3) is 0 Å². The van der Waals surface area contributed by atoms with Gasteiger partial charge >= 0.3 is 6.03 Å². The van der Waals surface area contributed by atoms with Crippen molar-refractivity contribution in [3.8, 4) is 0 Å². The fourth-order valence-electron chi connectivity index (χ4n) is 3.23. The molecule has 0 aromatic heterocycles. The maximum atomic E-state index is 12.6. The summed E-state index contributed by atoms with van der Waals surface area (Å²) >= 11 is 5.87. The van der Waals surface area contributed by atoms with Gasteiger partial charge in [-0.25, -0.2) is 4.79 Å². The molecule has 1 N–H and O–H groups in total.